The van der Waals surface area contributed by atoms with Crippen LogP contribution in [0.4, 0.5) is 0 Å². The van der Waals surface area contributed by atoms with Gasteiger partial charge in [0.25, 0.3) is 0 Å². The molecule has 1 heteroatoms. The van der Waals surface area contributed by atoms with E-state index < -0.39 is 0 Å². The molecular formula is C27H37P. The van der Waals surface area contributed by atoms with Gasteiger partial charge in [0, 0.05) is 5.66 Å². The van der Waals surface area contributed by atoms with Crippen LogP contribution in [0.2, 0.25) is 0 Å². The molecule has 28 heavy (non-hydrogen) atoms. The summed E-state index contributed by atoms with van der Waals surface area (Å²) in [6.07, 6.45) is 11.8. The van der Waals surface area contributed by atoms with E-state index in [4.69, 9.17) is 0 Å². The van der Waals surface area contributed by atoms with Gasteiger partial charge in [0.2, 0.25) is 0 Å². The van der Waals surface area contributed by atoms with Gasteiger partial charge < -0.3 is 0 Å². The highest BCUT2D eigenvalue weighted by Gasteiger charge is 2.37. The van der Waals surface area contributed by atoms with Gasteiger partial charge in [-0.3, -0.25) is 0 Å². The second-order valence-electron chi connectivity index (χ2n) is 9.42. The summed E-state index contributed by atoms with van der Waals surface area (Å²) in [7, 11) is 0.0995. The second-order valence-corrected chi connectivity index (χ2v) is 12.2. The molecule has 2 fully saturated rings. The number of hydrogen-bond acceptors (Lipinski definition) is 0. The van der Waals surface area contributed by atoms with Crippen molar-refractivity contribution in [1.29, 1.82) is 0 Å². The summed E-state index contributed by atoms with van der Waals surface area (Å²) in [5, 5.41) is 0. The molecule has 0 amide bonds. The predicted molar refractivity (Wildman–Crippen MR) is 126 cm³/mol. The minimum absolute atomic E-state index is 0.0995. The summed E-state index contributed by atoms with van der Waals surface area (Å²) in [5.74, 6) is 1.39. The smallest absolute Gasteiger partial charge is 0.00760 e. The van der Waals surface area contributed by atoms with Gasteiger partial charge >= 0.3 is 0 Å². The van der Waals surface area contributed by atoms with Gasteiger partial charge in [-0.15, -0.1) is 0 Å². The van der Waals surface area contributed by atoms with Crippen LogP contribution in [0.15, 0.2) is 48.5 Å². The monoisotopic (exact) mass is 392 g/mol. The fourth-order valence-corrected chi connectivity index (χ4v) is 9.83. The van der Waals surface area contributed by atoms with E-state index in [0.29, 0.717) is 5.92 Å². The maximum atomic E-state index is 2.55. The molecule has 2 aliphatic rings. The zero-order valence-electron chi connectivity index (χ0n) is 18.0. The van der Waals surface area contributed by atoms with E-state index in [-0.39, 0.29) is 7.92 Å². The van der Waals surface area contributed by atoms with Crippen molar-refractivity contribution < 1.29 is 0 Å². The zero-order chi connectivity index (χ0) is 19.5. The molecule has 150 valence electrons. The molecule has 1 aliphatic heterocycles. The summed E-state index contributed by atoms with van der Waals surface area (Å²) in [6, 6.07) is 18.6. The largest absolute Gasteiger partial charge is 0.0955 e. The Bertz CT molecular complexity index is 771. The van der Waals surface area contributed by atoms with Crippen molar-refractivity contribution in [2.24, 2.45) is 5.92 Å². The van der Waals surface area contributed by atoms with E-state index in [0.717, 1.165) is 17.2 Å². The van der Waals surface area contributed by atoms with Gasteiger partial charge in [-0.2, -0.15) is 0 Å². The van der Waals surface area contributed by atoms with E-state index in [1.165, 1.54) is 67.8 Å². The molecule has 1 aliphatic carbocycles. The fraction of sp³-hybridized carbons (Fsp3) is 0.556. The Kier molecular flexibility index (Phi) is 6.57. The first-order valence-corrected chi connectivity index (χ1v) is 13.3. The van der Waals surface area contributed by atoms with Crippen LogP contribution >= 0.6 is 7.92 Å². The number of rotatable bonds is 4. The first-order valence-electron chi connectivity index (χ1n) is 11.6. The Morgan fingerprint density at radius 1 is 0.786 bits per heavy atom. The molecule has 0 nitrogen and oxygen atoms in total. The van der Waals surface area contributed by atoms with Crippen molar-refractivity contribution in [2.75, 3.05) is 6.16 Å². The molecule has 0 bridgehead atoms. The summed E-state index contributed by atoms with van der Waals surface area (Å²) in [6.45, 7) is 7.21. The summed E-state index contributed by atoms with van der Waals surface area (Å²) in [4.78, 5) is 0. The van der Waals surface area contributed by atoms with Crippen molar-refractivity contribution in [3.8, 4) is 11.1 Å². The van der Waals surface area contributed by atoms with Crippen LogP contribution < -0.4 is 0 Å². The van der Waals surface area contributed by atoms with Crippen LogP contribution in [-0.4, -0.2) is 11.8 Å². The normalized spacial score (nSPS) is 26.5. The molecule has 3 unspecified atom stereocenters. The van der Waals surface area contributed by atoms with Crippen molar-refractivity contribution in [1.82, 2.24) is 0 Å². The molecule has 0 aromatic heterocycles. The van der Waals surface area contributed by atoms with Gasteiger partial charge in [0.1, 0.15) is 0 Å². The van der Waals surface area contributed by atoms with Crippen LogP contribution in [0, 0.1) is 5.92 Å². The van der Waals surface area contributed by atoms with Crippen LogP contribution in [0.25, 0.3) is 11.1 Å². The standard InChI is InChI=1S/C27H37P/c1-20(2)23-15-7-8-16-24(23)25-17-9-10-18-26(25)27-21(3)12-11-19-28(27)22-13-5-4-6-14-22/h7-10,15-18,20-22,27H,4-6,11-14,19H2,1-3H3. The first kappa shape index (κ1) is 20.2. The van der Waals surface area contributed by atoms with Crippen molar-refractivity contribution in [3.05, 3.63) is 59.7 Å². The van der Waals surface area contributed by atoms with Crippen molar-refractivity contribution in [3.63, 3.8) is 0 Å². The van der Waals surface area contributed by atoms with Crippen LogP contribution in [-0.2, 0) is 0 Å². The SMILES string of the molecule is CC(C)c1ccccc1-c1ccccc1C1C(C)CCCP1C1CCCCC1. The third-order valence-electron chi connectivity index (χ3n) is 7.17. The third kappa shape index (κ3) is 4.09. The lowest BCUT2D eigenvalue weighted by molar-refractivity contribution is 0.464. The van der Waals surface area contributed by atoms with E-state index in [1.807, 2.05) is 0 Å². The summed E-state index contributed by atoms with van der Waals surface area (Å²) < 4.78 is 0. The molecule has 2 aromatic carbocycles. The maximum Gasteiger partial charge on any atom is 0.00760 e. The first-order chi connectivity index (χ1) is 13.7. The lowest BCUT2D eigenvalue weighted by Crippen LogP contribution is -2.24. The molecule has 2 aromatic rings. The molecular weight excluding hydrogens is 355 g/mol. The van der Waals surface area contributed by atoms with Gasteiger partial charge in [0.15, 0.2) is 0 Å². The third-order valence-corrected chi connectivity index (χ3v) is 11.0. The zero-order valence-corrected chi connectivity index (χ0v) is 18.9. The molecule has 0 spiro atoms. The van der Waals surface area contributed by atoms with Crippen LogP contribution in [0.1, 0.15) is 88.4 Å². The van der Waals surface area contributed by atoms with E-state index in [9.17, 15) is 0 Å². The van der Waals surface area contributed by atoms with Gasteiger partial charge in [-0.25, -0.2) is 0 Å². The van der Waals surface area contributed by atoms with Crippen molar-refractivity contribution in [2.45, 2.75) is 83.0 Å². The van der Waals surface area contributed by atoms with Crippen LogP contribution in [0.3, 0.4) is 0 Å². The molecule has 3 atom stereocenters. The lowest BCUT2D eigenvalue weighted by Gasteiger charge is -2.44. The number of hydrogen-bond donors (Lipinski definition) is 0. The van der Waals surface area contributed by atoms with E-state index in [1.54, 1.807) is 5.56 Å². The average molecular weight is 393 g/mol. The lowest BCUT2D eigenvalue weighted by atomic mass is 9.86. The Morgan fingerprint density at radius 2 is 1.46 bits per heavy atom. The van der Waals surface area contributed by atoms with Crippen LogP contribution in [0.5, 0.6) is 0 Å². The Hall–Kier alpha value is -1.13. The van der Waals surface area contributed by atoms with E-state index in [2.05, 4.69) is 69.3 Å². The Labute approximate surface area is 173 Å². The van der Waals surface area contributed by atoms with Gasteiger partial charge in [-0.1, -0.05) is 96.5 Å². The van der Waals surface area contributed by atoms with Crippen molar-refractivity contribution >= 4 is 7.92 Å². The molecule has 1 saturated carbocycles. The molecule has 1 heterocycles. The highest BCUT2D eigenvalue weighted by atomic mass is 31.1. The fourth-order valence-electron chi connectivity index (χ4n) is 5.77. The minimum Gasteiger partial charge on any atom is -0.0955 e. The molecule has 0 N–H and O–H groups in total. The van der Waals surface area contributed by atoms with Gasteiger partial charge in [-0.05, 0) is 71.6 Å². The number of benzene rings is 2. The van der Waals surface area contributed by atoms with E-state index >= 15 is 0 Å². The summed E-state index contributed by atoms with van der Waals surface area (Å²) >= 11 is 0. The molecule has 1 saturated heterocycles. The quantitative estimate of drug-likeness (QED) is 0.456. The Balaban J connectivity index is 1.77. The predicted octanol–water partition coefficient (Wildman–Crippen LogP) is 8.76. The topological polar surface area (TPSA) is 0 Å². The average Bonchev–Trinajstić information content (AvgIpc) is 2.74. The molecule has 4 rings (SSSR count). The minimum atomic E-state index is 0.0995. The second kappa shape index (κ2) is 9.13. The van der Waals surface area contributed by atoms with Gasteiger partial charge in [0.05, 0.1) is 0 Å². The maximum absolute atomic E-state index is 2.55. The highest BCUT2D eigenvalue weighted by molar-refractivity contribution is 7.58. The highest BCUT2D eigenvalue weighted by Crippen LogP contribution is 2.65. The Morgan fingerprint density at radius 3 is 2.21 bits per heavy atom. The molecule has 0 radical (unpaired) electrons. The summed E-state index contributed by atoms with van der Waals surface area (Å²) in [5.41, 5.74) is 7.98.